The van der Waals surface area contributed by atoms with Crippen LogP contribution in [0.1, 0.15) is 18.5 Å². The summed E-state index contributed by atoms with van der Waals surface area (Å²) in [5, 5.41) is 3.56. The summed E-state index contributed by atoms with van der Waals surface area (Å²) in [7, 11) is -2.80. The second kappa shape index (κ2) is 6.10. The molecule has 1 saturated carbocycles. The highest BCUT2D eigenvalue weighted by atomic mass is 35.5. The van der Waals surface area contributed by atoms with E-state index in [4.69, 9.17) is 16.4 Å². The smallest absolute Gasteiger partial charge is 0.280 e. The van der Waals surface area contributed by atoms with Crippen LogP contribution < -0.4 is 5.56 Å². The molecular formula is C18H17ClN4O2S. The molecule has 0 unspecified atom stereocenters. The van der Waals surface area contributed by atoms with Gasteiger partial charge in [-0.15, -0.1) is 0 Å². The molecule has 1 aliphatic rings. The zero-order valence-electron chi connectivity index (χ0n) is 14.0. The fourth-order valence-electron chi connectivity index (χ4n) is 2.94. The molecule has 0 spiro atoms. The van der Waals surface area contributed by atoms with Gasteiger partial charge in [0.2, 0.25) is 0 Å². The molecule has 0 saturated heterocycles. The van der Waals surface area contributed by atoms with Crippen LogP contribution >= 0.6 is 11.6 Å². The van der Waals surface area contributed by atoms with Gasteiger partial charge < -0.3 is 0 Å². The van der Waals surface area contributed by atoms with Gasteiger partial charge in [-0.25, -0.2) is 18.7 Å². The molecule has 1 aliphatic carbocycles. The maximum atomic E-state index is 12.8. The molecular weight excluding hydrogens is 372 g/mol. The third kappa shape index (κ3) is 2.87. The van der Waals surface area contributed by atoms with Crippen LogP contribution in [-0.2, 0) is 9.73 Å². The van der Waals surface area contributed by atoms with E-state index >= 15 is 0 Å². The molecule has 0 amide bonds. The fraction of sp³-hybridized carbons (Fsp3) is 0.222. The van der Waals surface area contributed by atoms with E-state index in [0.717, 1.165) is 18.4 Å². The first kappa shape index (κ1) is 17.1. The van der Waals surface area contributed by atoms with Crippen LogP contribution in [0.25, 0.3) is 16.9 Å². The van der Waals surface area contributed by atoms with E-state index in [2.05, 4.69) is 10.1 Å². The number of hydrogen-bond acceptors (Lipinski definition) is 4. The van der Waals surface area contributed by atoms with Crippen molar-refractivity contribution in [1.29, 1.82) is 4.78 Å². The molecule has 2 N–H and O–H groups in total. The molecule has 4 rings (SSSR count). The van der Waals surface area contributed by atoms with Crippen molar-refractivity contribution in [3.05, 3.63) is 63.7 Å². The van der Waals surface area contributed by atoms with Crippen LogP contribution in [0.2, 0.25) is 5.02 Å². The molecule has 3 aromatic rings. The van der Waals surface area contributed by atoms with Gasteiger partial charge in [0.1, 0.15) is 0 Å². The van der Waals surface area contributed by atoms with Gasteiger partial charge in [0.25, 0.3) is 5.56 Å². The molecule has 0 aliphatic heterocycles. The number of H-pyrrole nitrogens is 1. The van der Waals surface area contributed by atoms with Crippen molar-refractivity contribution in [3.8, 4) is 16.9 Å². The third-order valence-electron chi connectivity index (χ3n) is 4.50. The van der Waals surface area contributed by atoms with Crippen molar-refractivity contribution in [2.75, 3.05) is 0 Å². The molecule has 1 atom stereocenters. The summed E-state index contributed by atoms with van der Waals surface area (Å²) in [6.07, 6.45) is 3.08. The van der Waals surface area contributed by atoms with Gasteiger partial charge in [-0.2, -0.15) is 0 Å². The van der Waals surface area contributed by atoms with Crippen LogP contribution in [0.5, 0.6) is 0 Å². The van der Waals surface area contributed by atoms with Gasteiger partial charge in [0.05, 0.1) is 20.2 Å². The van der Waals surface area contributed by atoms with Gasteiger partial charge in [-0.1, -0.05) is 23.7 Å². The van der Waals surface area contributed by atoms with Gasteiger partial charge in [-0.05, 0) is 49.6 Å². The predicted molar refractivity (Wildman–Crippen MR) is 102 cm³/mol. The number of aromatic amines is 1. The van der Waals surface area contributed by atoms with E-state index in [1.54, 1.807) is 36.4 Å². The summed E-state index contributed by atoms with van der Waals surface area (Å²) in [4.78, 5) is 17.5. The van der Waals surface area contributed by atoms with Crippen LogP contribution in [0.3, 0.4) is 0 Å². The average Bonchev–Trinajstić information content (AvgIpc) is 3.43. The van der Waals surface area contributed by atoms with Crippen molar-refractivity contribution in [2.45, 2.75) is 29.9 Å². The lowest BCUT2D eigenvalue weighted by molar-refractivity contribution is 0.673. The minimum Gasteiger partial charge on any atom is -0.293 e. The van der Waals surface area contributed by atoms with E-state index in [1.807, 2.05) is 6.92 Å². The van der Waals surface area contributed by atoms with E-state index in [9.17, 15) is 9.00 Å². The minimum absolute atomic E-state index is 0.0675. The first-order chi connectivity index (χ1) is 12.4. The Hall–Kier alpha value is -2.38. The summed E-state index contributed by atoms with van der Waals surface area (Å²) < 4.78 is 21.9. The molecule has 0 bridgehead atoms. The van der Waals surface area contributed by atoms with Gasteiger partial charge in [0, 0.05) is 22.2 Å². The van der Waals surface area contributed by atoms with Crippen molar-refractivity contribution in [1.82, 2.24) is 14.8 Å². The Bertz CT molecular complexity index is 1130. The minimum atomic E-state index is -2.80. The molecule has 8 heteroatoms. The largest absolute Gasteiger partial charge is 0.293 e. The SMILES string of the molecule is Cc1[nH]n(-c2ccc([S@](=N)(=O)C3CC3)cn2)c(=O)c1-c1ccc(Cl)cc1. The zero-order valence-corrected chi connectivity index (χ0v) is 15.6. The standard InChI is InChI=1S/C18H17ClN4O2S/c1-11-17(12-2-4-13(19)5-3-12)18(24)23(22-11)16-9-8-15(10-21-16)26(20,25)14-6-7-14/h2-5,8-10,14,20,22H,6-7H2,1H3/t26-/m1/s1. The highest BCUT2D eigenvalue weighted by Gasteiger charge is 2.34. The highest BCUT2D eigenvalue weighted by Crippen LogP contribution is 2.33. The summed E-state index contributed by atoms with van der Waals surface area (Å²) in [6.45, 7) is 1.82. The van der Waals surface area contributed by atoms with Crippen molar-refractivity contribution in [3.63, 3.8) is 0 Å². The lowest BCUT2D eigenvalue weighted by atomic mass is 10.1. The Morgan fingerprint density at radius 3 is 2.50 bits per heavy atom. The van der Waals surface area contributed by atoms with Gasteiger partial charge in [0.15, 0.2) is 5.82 Å². The Labute approximate surface area is 155 Å². The number of pyridine rings is 1. The van der Waals surface area contributed by atoms with Gasteiger partial charge in [-0.3, -0.25) is 9.89 Å². The van der Waals surface area contributed by atoms with E-state index in [-0.39, 0.29) is 10.8 Å². The average molecular weight is 389 g/mol. The number of nitrogens with zero attached hydrogens (tertiary/aromatic N) is 2. The Kier molecular flexibility index (Phi) is 4.00. The summed E-state index contributed by atoms with van der Waals surface area (Å²) >= 11 is 5.92. The predicted octanol–water partition coefficient (Wildman–Crippen LogP) is 3.76. The zero-order chi connectivity index (χ0) is 18.5. The molecule has 0 radical (unpaired) electrons. The molecule has 6 nitrogen and oxygen atoms in total. The molecule has 2 aromatic heterocycles. The Balaban J connectivity index is 1.74. The number of rotatable bonds is 4. The van der Waals surface area contributed by atoms with Crippen molar-refractivity contribution < 1.29 is 4.21 Å². The van der Waals surface area contributed by atoms with E-state index in [1.165, 1.54) is 10.9 Å². The first-order valence-electron chi connectivity index (χ1n) is 8.19. The van der Waals surface area contributed by atoms with Crippen LogP contribution in [0.15, 0.2) is 52.3 Å². The van der Waals surface area contributed by atoms with Gasteiger partial charge >= 0.3 is 0 Å². The van der Waals surface area contributed by atoms with Crippen molar-refractivity contribution in [2.24, 2.45) is 0 Å². The Morgan fingerprint density at radius 2 is 1.92 bits per heavy atom. The van der Waals surface area contributed by atoms with E-state index < -0.39 is 9.73 Å². The Morgan fingerprint density at radius 1 is 1.23 bits per heavy atom. The first-order valence-corrected chi connectivity index (χ1v) is 10.2. The molecule has 2 heterocycles. The quantitative estimate of drug-likeness (QED) is 0.712. The molecule has 1 fully saturated rings. The maximum Gasteiger partial charge on any atom is 0.280 e. The fourth-order valence-corrected chi connectivity index (χ4v) is 4.73. The third-order valence-corrected chi connectivity index (χ3v) is 7.10. The van der Waals surface area contributed by atoms with Crippen LogP contribution in [-0.4, -0.2) is 24.2 Å². The summed E-state index contributed by atoms with van der Waals surface area (Å²) in [5.41, 5.74) is 1.81. The lowest BCUT2D eigenvalue weighted by Crippen LogP contribution is -2.17. The second-order valence-corrected chi connectivity index (χ2v) is 9.19. The number of hydrogen-bond donors (Lipinski definition) is 2. The normalized spacial score (nSPS) is 16.4. The number of benzene rings is 1. The second-order valence-electron chi connectivity index (χ2n) is 6.41. The summed E-state index contributed by atoms with van der Waals surface area (Å²) in [5.74, 6) is 0.396. The monoisotopic (exact) mass is 388 g/mol. The summed E-state index contributed by atoms with van der Waals surface area (Å²) in [6, 6.07) is 10.3. The van der Waals surface area contributed by atoms with Crippen molar-refractivity contribution >= 4 is 21.3 Å². The van der Waals surface area contributed by atoms with E-state index in [0.29, 0.717) is 27.0 Å². The number of halogens is 1. The highest BCUT2D eigenvalue weighted by molar-refractivity contribution is 7.93. The lowest BCUT2D eigenvalue weighted by Gasteiger charge is -2.06. The van der Waals surface area contributed by atoms with Crippen LogP contribution in [0.4, 0.5) is 0 Å². The maximum absolute atomic E-state index is 12.8. The number of aryl methyl sites for hydroxylation is 1. The topological polar surface area (TPSA) is 91.6 Å². The number of nitrogens with one attached hydrogen (secondary N) is 2. The number of aromatic nitrogens is 3. The molecule has 26 heavy (non-hydrogen) atoms. The molecule has 134 valence electrons. The molecule has 1 aromatic carbocycles. The van der Waals surface area contributed by atoms with Crippen LogP contribution in [0, 0.1) is 11.7 Å².